The molecule has 0 fully saturated rings. The molecule has 5 heteroatoms. The van der Waals surface area contributed by atoms with Crippen molar-refractivity contribution in [3.05, 3.63) is 29.8 Å². The summed E-state index contributed by atoms with van der Waals surface area (Å²) in [4.78, 5) is 0. The number of H-pyrrole nitrogens is 1. The van der Waals surface area contributed by atoms with Crippen LogP contribution in [-0.2, 0) is 0 Å². The fourth-order valence-corrected chi connectivity index (χ4v) is 1.52. The summed E-state index contributed by atoms with van der Waals surface area (Å²) < 4.78 is 5.21. The minimum atomic E-state index is 0.198. The molecule has 0 spiro atoms. The van der Waals surface area contributed by atoms with Crippen LogP contribution >= 0.6 is 0 Å². The molecule has 0 aliphatic heterocycles. The van der Waals surface area contributed by atoms with Gasteiger partial charge >= 0.3 is 0 Å². The molecule has 1 heterocycles. The zero-order valence-corrected chi connectivity index (χ0v) is 8.69. The average molecular weight is 214 g/mol. The molecular weight excluding hydrogens is 204 g/mol. The quantitative estimate of drug-likeness (QED) is 0.793. The molecule has 2 aromatic rings. The number of nitrogen functional groups attached to an aromatic ring is 1. The van der Waals surface area contributed by atoms with Crippen molar-refractivity contribution in [1.82, 2.24) is 10.2 Å². The van der Waals surface area contributed by atoms with Crippen LogP contribution in [0.15, 0.2) is 24.3 Å². The third-order valence-corrected chi connectivity index (χ3v) is 2.28. The van der Waals surface area contributed by atoms with Crippen LogP contribution in [0.4, 0.5) is 5.82 Å². The van der Waals surface area contributed by atoms with Gasteiger partial charge in [0.1, 0.15) is 17.4 Å². The standard InChI is InChI=1S/C11H10N4O/c1-16-9-5-3-2-4-7(9)10-8(6-12)11(13)15-14-10/h2-5H,1H3,(H3,13,14,15). The minimum absolute atomic E-state index is 0.198. The zero-order chi connectivity index (χ0) is 11.5. The number of nitrogens with two attached hydrogens (primary N) is 1. The van der Waals surface area contributed by atoms with Crippen LogP contribution in [0.2, 0.25) is 0 Å². The Morgan fingerprint density at radius 1 is 1.44 bits per heavy atom. The summed E-state index contributed by atoms with van der Waals surface area (Å²) in [5.41, 5.74) is 7.26. The SMILES string of the molecule is COc1ccccc1-c1[nH]nc(N)c1C#N. The number of hydrogen-bond donors (Lipinski definition) is 2. The molecule has 1 aromatic heterocycles. The first-order valence-electron chi connectivity index (χ1n) is 4.65. The molecule has 0 saturated carbocycles. The third kappa shape index (κ3) is 1.46. The van der Waals surface area contributed by atoms with E-state index in [0.717, 1.165) is 5.56 Å². The van der Waals surface area contributed by atoms with Crippen LogP contribution in [0, 0.1) is 11.3 Å². The Morgan fingerprint density at radius 3 is 2.88 bits per heavy atom. The zero-order valence-electron chi connectivity index (χ0n) is 8.69. The van der Waals surface area contributed by atoms with Crippen molar-refractivity contribution in [3.63, 3.8) is 0 Å². The lowest BCUT2D eigenvalue weighted by Crippen LogP contribution is -1.90. The summed E-state index contributed by atoms with van der Waals surface area (Å²) in [5, 5.41) is 15.5. The van der Waals surface area contributed by atoms with E-state index < -0.39 is 0 Å². The molecule has 0 aliphatic rings. The number of nitriles is 1. The number of hydrogen-bond acceptors (Lipinski definition) is 4. The van der Waals surface area contributed by atoms with E-state index in [9.17, 15) is 0 Å². The molecule has 1 aromatic carbocycles. The van der Waals surface area contributed by atoms with Crippen molar-refractivity contribution in [3.8, 4) is 23.1 Å². The predicted molar refractivity (Wildman–Crippen MR) is 59.7 cm³/mol. The summed E-state index contributed by atoms with van der Waals surface area (Å²) in [6.07, 6.45) is 0. The Bertz CT molecular complexity index is 553. The van der Waals surface area contributed by atoms with Crippen LogP contribution in [0.5, 0.6) is 5.75 Å². The second kappa shape index (κ2) is 3.95. The number of aromatic nitrogens is 2. The molecule has 5 nitrogen and oxygen atoms in total. The lowest BCUT2D eigenvalue weighted by Gasteiger charge is -2.05. The first kappa shape index (κ1) is 10.1. The third-order valence-electron chi connectivity index (χ3n) is 2.28. The van der Waals surface area contributed by atoms with Gasteiger partial charge in [0, 0.05) is 5.56 Å². The van der Waals surface area contributed by atoms with Crippen molar-refractivity contribution >= 4 is 5.82 Å². The second-order valence-corrected chi connectivity index (χ2v) is 3.17. The number of para-hydroxylation sites is 1. The highest BCUT2D eigenvalue weighted by Gasteiger charge is 2.15. The molecule has 0 amide bonds. The molecular formula is C11H10N4O. The van der Waals surface area contributed by atoms with Gasteiger partial charge in [-0.25, -0.2) is 0 Å². The van der Waals surface area contributed by atoms with Crippen LogP contribution < -0.4 is 10.5 Å². The van der Waals surface area contributed by atoms with Gasteiger partial charge in [-0.2, -0.15) is 10.4 Å². The highest BCUT2D eigenvalue weighted by molar-refractivity contribution is 5.76. The van der Waals surface area contributed by atoms with Crippen molar-refractivity contribution in [2.45, 2.75) is 0 Å². The molecule has 2 rings (SSSR count). The summed E-state index contributed by atoms with van der Waals surface area (Å²) in [6, 6.07) is 9.38. The number of nitrogens with zero attached hydrogens (tertiary/aromatic N) is 2. The van der Waals surface area contributed by atoms with Crippen molar-refractivity contribution in [1.29, 1.82) is 5.26 Å². The largest absolute Gasteiger partial charge is 0.496 e. The Morgan fingerprint density at radius 2 is 2.19 bits per heavy atom. The van der Waals surface area contributed by atoms with E-state index >= 15 is 0 Å². The molecule has 0 bridgehead atoms. The number of aromatic amines is 1. The summed E-state index contributed by atoms with van der Waals surface area (Å²) in [7, 11) is 1.57. The van der Waals surface area contributed by atoms with E-state index in [2.05, 4.69) is 10.2 Å². The fraction of sp³-hybridized carbons (Fsp3) is 0.0909. The minimum Gasteiger partial charge on any atom is -0.496 e. The van der Waals surface area contributed by atoms with E-state index in [4.69, 9.17) is 15.7 Å². The number of benzene rings is 1. The van der Waals surface area contributed by atoms with Gasteiger partial charge in [-0.05, 0) is 12.1 Å². The van der Waals surface area contributed by atoms with Crippen molar-refractivity contribution in [2.24, 2.45) is 0 Å². The molecule has 80 valence electrons. The number of nitrogens with one attached hydrogen (secondary N) is 1. The molecule has 0 aliphatic carbocycles. The Kier molecular flexibility index (Phi) is 2.48. The van der Waals surface area contributed by atoms with Crippen LogP contribution in [-0.4, -0.2) is 17.3 Å². The first-order chi connectivity index (χ1) is 7.77. The summed E-state index contributed by atoms with van der Waals surface area (Å²) >= 11 is 0. The average Bonchev–Trinajstić information content (AvgIpc) is 2.70. The van der Waals surface area contributed by atoms with E-state index in [1.165, 1.54) is 0 Å². The Balaban J connectivity index is 2.64. The van der Waals surface area contributed by atoms with E-state index in [-0.39, 0.29) is 5.82 Å². The van der Waals surface area contributed by atoms with Gasteiger partial charge in [0.2, 0.25) is 0 Å². The maximum Gasteiger partial charge on any atom is 0.163 e. The smallest absolute Gasteiger partial charge is 0.163 e. The van der Waals surface area contributed by atoms with E-state index in [0.29, 0.717) is 17.0 Å². The molecule has 0 radical (unpaired) electrons. The normalized spacial score (nSPS) is 9.75. The van der Waals surface area contributed by atoms with Gasteiger partial charge in [-0.1, -0.05) is 12.1 Å². The molecule has 16 heavy (non-hydrogen) atoms. The monoisotopic (exact) mass is 214 g/mol. The lowest BCUT2D eigenvalue weighted by atomic mass is 10.1. The van der Waals surface area contributed by atoms with Gasteiger partial charge in [0.05, 0.1) is 12.8 Å². The maximum atomic E-state index is 8.98. The van der Waals surface area contributed by atoms with Gasteiger partial charge in [-0.3, -0.25) is 5.10 Å². The summed E-state index contributed by atoms with van der Waals surface area (Å²) in [5.74, 6) is 0.867. The van der Waals surface area contributed by atoms with Gasteiger partial charge in [0.25, 0.3) is 0 Å². The Hall–Kier alpha value is -2.48. The molecule has 3 N–H and O–H groups in total. The fourth-order valence-electron chi connectivity index (χ4n) is 1.52. The molecule has 0 unspecified atom stereocenters. The van der Waals surface area contributed by atoms with Gasteiger partial charge < -0.3 is 10.5 Å². The molecule has 0 atom stereocenters. The van der Waals surface area contributed by atoms with Crippen LogP contribution in [0.25, 0.3) is 11.3 Å². The maximum absolute atomic E-state index is 8.98. The van der Waals surface area contributed by atoms with E-state index in [1.807, 2.05) is 30.3 Å². The van der Waals surface area contributed by atoms with Gasteiger partial charge in [0.15, 0.2) is 5.82 Å². The highest BCUT2D eigenvalue weighted by atomic mass is 16.5. The number of rotatable bonds is 2. The number of methoxy groups -OCH3 is 1. The topological polar surface area (TPSA) is 87.7 Å². The first-order valence-corrected chi connectivity index (χ1v) is 4.65. The van der Waals surface area contributed by atoms with Crippen molar-refractivity contribution in [2.75, 3.05) is 12.8 Å². The van der Waals surface area contributed by atoms with Gasteiger partial charge in [-0.15, -0.1) is 0 Å². The molecule has 0 saturated heterocycles. The summed E-state index contributed by atoms with van der Waals surface area (Å²) in [6.45, 7) is 0. The number of anilines is 1. The highest BCUT2D eigenvalue weighted by Crippen LogP contribution is 2.31. The van der Waals surface area contributed by atoms with E-state index in [1.54, 1.807) is 7.11 Å². The lowest BCUT2D eigenvalue weighted by molar-refractivity contribution is 0.416. The predicted octanol–water partition coefficient (Wildman–Crippen LogP) is 1.54. The Labute approximate surface area is 92.5 Å². The van der Waals surface area contributed by atoms with Crippen molar-refractivity contribution < 1.29 is 4.74 Å². The number of ether oxygens (including phenoxy) is 1. The van der Waals surface area contributed by atoms with Crippen LogP contribution in [0.1, 0.15) is 5.56 Å². The second-order valence-electron chi connectivity index (χ2n) is 3.17. The van der Waals surface area contributed by atoms with Crippen LogP contribution in [0.3, 0.4) is 0 Å².